The summed E-state index contributed by atoms with van der Waals surface area (Å²) in [6.07, 6.45) is 4.00. The summed E-state index contributed by atoms with van der Waals surface area (Å²) in [6, 6.07) is -0.679. The number of esters is 3. The van der Waals surface area contributed by atoms with Gasteiger partial charge >= 0.3 is 24.0 Å². The van der Waals surface area contributed by atoms with Crippen molar-refractivity contribution < 1.29 is 38.1 Å². The topological polar surface area (TPSA) is 126 Å². The fourth-order valence-electron chi connectivity index (χ4n) is 5.25. The molecule has 1 saturated carbocycles. The van der Waals surface area contributed by atoms with E-state index in [1.807, 2.05) is 0 Å². The second-order valence-corrected chi connectivity index (χ2v) is 8.86. The number of rotatable bonds is 8. The van der Waals surface area contributed by atoms with E-state index < -0.39 is 30.0 Å². The first kappa shape index (κ1) is 26.5. The number of amides is 1. The van der Waals surface area contributed by atoms with Crippen molar-refractivity contribution in [3.05, 3.63) is 17.7 Å². The van der Waals surface area contributed by atoms with E-state index in [4.69, 9.17) is 18.9 Å². The number of hydrogen-bond donors (Lipinski definition) is 0. The van der Waals surface area contributed by atoms with Gasteiger partial charge in [-0.25, -0.2) is 24.2 Å². The molecule has 1 aromatic heterocycles. The standard InChI is InChI=1S/C24H35N3O8/c1-5-33-21(28)18-11-17-10-15(8-9-16(17)13-27(18)24(31)32-4)12-26-14-25-19(22(29)34-6-2)20(26)23(30)35-7-3/h14-18H,5-13H2,1-4H3/t15-,16-,17+,18-/m0/s1. The molecule has 4 atom stereocenters. The monoisotopic (exact) mass is 493 g/mol. The molecule has 1 aliphatic carbocycles. The maximum atomic E-state index is 12.6. The van der Waals surface area contributed by atoms with E-state index in [9.17, 15) is 19.2 Å². The quantitative estimate of drug-likeness (QED) is 0.397. The lowest BCUT2D eigenvalue weighted by Gasteiger charge is -2.46. The van der Waals surface area contributed by atoms with Gasteiger partial charge in [0.1, 0.15) is 6.04 Å². The molecule has 11 nitrogen and oxygen atoms in total. The Balaban J connectivity index is 1.77. The lowest BCUT2D eigenvalue weighted by molar-refractivity contribution is -0.152. The molecule has 1 aromatic rings. The third-order valence-corrected chi connectivity index (χ3v) is 6.78. The zero-order valence-corrected chi connectivity index (χ0v) is 20.9. The second-order valence-electron chi connectivity index (χ2n) is 8.86. The summed E-state index contributed by atoms with van der Waals surface area (Å²) < 4.78 is 22.0. The molecule has 0 aromatic carbocycles. The van der Waals surface area contributed by atoms with Gasteiger partial charge in [-0.05, 0) is 64.2 Å². The van der Waals surface area contributed by atoms with Crippen molar-refractivity contribution in [3.63, 3.8) is 0 Å². The molecule has 0 spiro atoms. The Morgan fingerprint density at radius 1 is 0.943 bits per heavy atom. The van der Waals surface area contributed by atoms with E-state index in [-0.39, 0.29) is 49.0 Å². The zero-order valence-electron chi connectivity index (χ0n) is 20.9. The normalized spacial score (nSPS) is 23.7. The molecule has 2 fully saturated rings. The van der Waals surface area contributed by atoms with Gasteiger partial charge < -0.3 is 23.5 Å². The Morgan fingerprint density at radius 3 is 2.29 bits per heavy atom. The molecule has 2 aliphatic rings. The number of aromatic nitrogens is 2. The van der Waals surface area contributed by atoms with Crippen LogP contribution in [0, 0.1) is 17.8 Å². The maximum Gasteiger partial charge on any atom is 0.410 e. The zero-order chi connectivity index (χ0) is 25.5. The van der Waals surface area contributed by atoms with Crippen LogP contribution in [-0.4, -0.2) is 78.0 Å². The molecule has 2 heterocycles. The molecular weight excluding hydrogens is 458 g/mol. The number of fused-ring (bicyclic) bond motifs is 1. The van der Waals surface area contributed by atoms with Crippen LogP contribution in [0.1, 0.15) is 67.4 Å². The molecule has 11 heteroatoms. The average Bonchev–Trinajstić information content (AvgIpc) is 3.26. The van der Waals surface area contributed by atoms with E-state index in [1.165, 1.54) is 18.3 Å². The van der Waals surface area contributed by atoms with Crippen LogP contribution in [0.4, 0.5) is 4.79 Å². The predicted octanol–water partition coefficient (Wildman–Crippen LogP) is 2.67. The van der Waals surface area contributed by atoms with E-state index in [0.717, 1.165) is 19.3 Å². The number of hydrogen-bond acceptors (Lipinski definition) is 9. The van der Waals surface area contributed by atoms with E-state index in [2.05, 4.69) is 4.98 Å². The Morgan fingerprint density at radius 2 is 1.63 bits per heavy atom. The van der Waals surface area contributed by atoms with Crippen LogP contribution in [0.2, 0.25) is 0 Å². The number of carbonyl (C=O) groups is 4. The van der Waals surface area contributed by atoms with Gasteiger partial charge in [-0.15, -0.1) is 0 Å². The molecule has 3 rings (SSSR count). The Labute approximate surface area is 205 Å². The highest BCUT2D eigenvalue weighted by Gasteiger charge is 2.45. The molecule has 1 amide bonds. The van der Waals surface area contributed by atoms with Gasteiger partial charge in [-0.3, -0.25) is 4.90 Å². The predicted molar refractivity (Wildman–Crippen MR) is 123 cm³/mol. The molecule has 1 aliphatic heterocycles. The molecule has 194 valence electrons. The highest BCUT2D eigenvalue weighted by Crippen LogP contribution is 2.42. The van der Waals surface area contributed by atoms with Gasteiger partial charge in [0.2, 0.25) is 0 Å². The molecule has 0 bridgehead atoms. The van der Waals surface area contributed by atoms with E-state index in [0.29, 0.717) is 19.5 Å². The lowest BCUT2D eigenvalue weighted by atomic mass is 9.69. The van der Waals surface area contributed by atoms with Crippen LogP contribution in [0.25, 0.3) is 0 Å². The summed E-state index contributed by atoms with van der Waals surface area (Å²) in [6.45, 7) is 6.63. The van der Waals surface area contributed by atoms with E-state index in [1.54, 1.807) is 25.3 Å². The van der Waals surface area contributed by atoms with Crippen LogP contribution >= 0.6 is 0 Å². The molecule has 0 radical (unpaired) electrons. The van der Waals surface area contributed by atoms with Crippen molar-refractivity contribution in [2.45, 2.75) is 59.0 Å². The minimum atomic E-state index is -0.679. The van der Waals surface area contributed by atoms with Crippen molar-refractivity contribution in [3.8, 4) is 0 Å². The average molecular weight is 494 g/mol. The third-order valence-electron chi connectivity index (χ3n) is 6.78. The minimum absolute atomic E-state index is 0.0484. The number of piperidine rings is 1. The van der Waals surface area contributed by atoms with Crippen molar-refractivity contribution >= 4 is 24.0 Å². The largest absolute Gasteiger partial charge is 0.464 e. The highest BCUT2D eigenvalue weighted by atomic mass is 16.6. The SMILES string of the molecule is CCOC(=O)c1ncn(C[C@H]2CC[C@H]3CN(C(=O)OC)[C@H](C(=O)OCC)C[C@H]3C2)c1C(=O)OCC. The number of carbonyl (C=O) groups excluding carboxylic acids is 4. The van der Waals surface area contributed by atoms with Crippen LogP contribution in [0.15, 0.2) is 6.33 Å². The van der Waals surface area contributed by atoms with Crippen molar-refractivity contribution in [2.24, 2.45) is 17.8 Å². The fourth-order valence-corrected chi connectivity index (χ4v) is 5.25. The Bertz CT molecular complexity index is 930. The minimum Gasteiger partial charge on any atom is -0.464 e. The van der Waals surface area contributed by atoms with Crippen molar-refractivity contribution in [2.75, 3.05) is 33.5 Å². The number of imidazole rings is 1. The van der Waals surface area contributed by atoms with Gasteiger partial charge in [-0.2, -0.15) is 0 Å². The summed E-state index contributed by atoms with van der Waals surface area (Å²) in [4.78, 5) is 55.5. The van der Waals surface area contributed by atoms with Gasteiger partial charge in [0, 0.05) is 13.1 Å². The van der Waals surface area contributed by atoms with Crippen molar-refractivity contribution in [1.29, 1.82) is 0 Å². The lowest BCUT2D eigenvalue weighted by Crippen LogP contribution is -2.55. The molecule has 0 unspecified atom stereocenters. The first-order valence-electron chi connectivity index (χ1n) is 12.2. The summed E-state index contributed by atoms with van der Waals surface area (Å²) in [7, 11) is 1.31. The van der Waals surface area contributed by atoms with Crippen LogP contribution < -0.4 is 0 Å². The fraction of sp³-hybridized carbons (Fsp3) is 0.708. The summed E-state index contributed by atoms with van der Waals surface area (Å²) in [5.41, 5.74) is 0.0464. The molecular formula is C24H35N3O8. The number of methoxy groups -OCH3 is 1. The maximum absolute atomic E-state index is 12.6. The van der Waals surface area contributed by atoms with E-state index >= 15 is 0 Å². The highest BCUT2D eigenvalue weighted by molar-refractivity contribution is 6.00. The van der Waals surface area contributed by atoms with Gasteiger partial charge in [0.15, 0.2) is 11.4 Å². The van der Waals surface area contributed by atoms with Crippen LogP contribution in [0.3, 0.4) is 0 Å². The first-order chi connectivity index (χ1) is 16.8. The molecule has 0 N–H and O–H groups in total. The second kappa shape index (κ2) is 12.0. The molecule has 35 heavy (non-hydrogen) atoms. The Kier molecular flexibility index (Phi) is 9.11. The van der Waals surface area contributed by atoms with Crippen LogP contribution in [-0.2, 0) is 30.3 Å². The van der Waals surface area contributed by atoms with Crippen molar-refractivity contribution in [1.82, 2.24) is 14.5 Å². The first-order valence-corrected chi connectivity index (χ1v) is 12.2. The number of likely N-dealkylation sites (tertiary alicyclic amines) is 1. The van der Waals surface area contributed by atoms with Gasteiger partial charge in [0.05, 0.1) is 33.3 Å². The summed E-state index contributed by atoms with van der Waals surface area (Å²) in [5.74, 6) is -1.04. The van der Waals surface area contributed by atoms with Gasteiger partial charge in [0.25, 0.3) is 0 Å². The van der Waals surface area contributed by atoms with Crippen LogP contribution in [0.5, 0.6) is 0 Å². The smallest absolute Gasteiger partial charge is 0.410 e. The third kappa shape index (κ3) is 5.94. The Hall–Kier alpha value is -3.11. The molecule has 1 saturated heterocycles. The number of nitrogens with zero attached hydrogens (tertiary/aromatic N) is 3. The summed E-state index contributed by atoms with van der Waals surface area (Å²) >= 11 is 0. The number of ether oxygens (including phenoxy) is 4. The van der Waals surface area contributed by atoms with Gasteiger partial charge in [-0.1, -0.05) is 0 Å². The summed E-state index contributed by atoms with van der Waals surface area (Å²) in [5, 5.41) is 0.